The van der Waals surface area contributed by atoms with E-state index < -0.39 is 15.6 Å². The van der Waals surface area contributed by atoms with Gasteiger partial charge in [-0.1, -0.05) is 27.7 Å². The second-order valence-electron chi connectivity index (χ2n) is 7.03. The summed E-state index contributed by atoms with van der Waals surface area (Å²) in [5.41, 5.74) is -1.20. The number of ether oxygens (including phenoxy) is 1. The summed E-state index contributed by atoms with van der Waals surface area (Å²) in [6.07, 6.45) is 4.01. The molecule has 0 saturated heterocycles. The van der Waals surface area contributed by atoms with E-state index in [1.807, 2.05) is 34.6 Å². The highest BCUT2D eigenvalue weighted by Crippen LogP contribution is 2.37. The molecule has 0 bridgehead atoms. The normalized spacial score (nSPS) is 20.9. The third-order valence-corrected chi connectivity index (χ3v) is 5.39. The molecule has 0 amide bonds. The first kappa shape index (κ1) is 21.8. The summed E-state index contributed by atoms with van der Waals surface area (Å²) >= 11 is 0. The van der Waals surface area contributed by atoms with E-state index in [0.717, 1.165) is 19.1 Å². The summed E-state index contributed by atoms with van der Waals surface area (Å²) in [7, 11) is -3.35. The van der Waals surface area contributed by atoms with E-state index >= 15 is 0 Å². The minimum absolute atomic E-state index is 0.0802. The number of hydrogen-bond acceptors (Lipinski definition) is 4. The fraction of sp³-hybridized carbons (Fsp3) is 1.00. The molecule has 0 aliphatic carbocycles. The first-order chi connectivity index (χ1) is 9.89. The van der Waals surface area contributed by atoms with Gasteiger partial charge in [-0.2, -0.15) is 0 Å². The minimum Gasteiger partial charge on any atom is -0.390 e. The van der Waals surface area contributed by atoms with Crippen molar-refractivity contribution in [2.45, 2.75) is 85.0 Å². The Morgan fingerprint density at radius 3 is 2.09 bits per heavy atom. The zero-order chi connectivity index (χ0) is 17.6. The zero-order valence-corrected chi connectivity index (χ0v) is 16.1. The van der Waals surface area contributed by atoms with Crippen molar-refractivity contribution in [3.63, 3.8) is 0 Å². The topological polar surface area (TPSA) is 75.6 Å². The maximum Gasteiger partial charge on any atom is 0.209 e. The van der Waals surface area contributed by atoms with Crippen molar-refractivity contribution in [3.05, 3.63) is 0 Å². The van der Waals surface area contributed by atoms with Crippen LogP contribution < -0.4 is 4.72 Å². The molecule has 0 fully saturated rings. The number of nitrogens with one attached hydrogen (secondary N) is 1. The maximum atomic E-state index is 11.7. The Balaban J connectivity index is 5.30. The van der Waals surface area contributed by atoms with Gasteiger partial charge in [0, 0.05) is 0 Å². The summed E-state index contributed by atoms with van der Waals surface area (Å²) in [5.74, 6) is 0. The van der Waals surface area contributed by atoms with Crippen molar-refractivity contribution >= 4 is 10.0 Å². The van der Waals surface area contributed by atoms with E-state index in [1.54, 1.807) is 6.92 Å². The van der Waals surface area contributed by atoms with E-state index in [4.69, 9.17) is 4.74 Å². The molecule has 4 unspecified atom stereocenters. The smallest absolute Gasteiger partial charge is 0.209 e. The van der Waals surface area contributed by atoms with Crippen LogP contribution >= 0.6 is 0 Å². The maximum absolute atomic E-state index is 11.7. The van der Waals surface area contributed by atoms with Crippen molar-refractivity contribution in [2.75, 3.05) is 12.9 Å². The third kappa shape index (κ3) is 7.90. The predicted molar refractivity (Wildman–Crippen MR) is 91.4 cm³/mol. The van der Waals surface area contributed by atoms with E-state index in [2.05, 4.69) is 4.72 Å². The summed E-state index contributed by atoms with van der Waals surface area (Å²) < 4.78 is 31.9. The largest absolute Gasteiger partial charge is 0.390 e. The first-order valence-corrected chi connectivity index (χ1v) is 10.1. The molecule has 22 heavy (non-hydrogen) atoms. The van der Waals surface area contributed by atoms with Gasteiger partial charge in [0.1, 0.15) is 0 Å². The van der Waals surface area contributed by atoms with Gasteiger partial charge in [-0.05, 0) is 44.9 Å². The summed E-state index contributed by atoms with van der Waals surface area (Å²) in [5, 5.41) is 10.4. The Morgan fingerprint density at radius 1 is 1.18 bits per heavy atom. The van der Waals surface area contributed by atoms with Crippen LogP contribution in [0, 0.1) is 5.41 Å². The number of sulfonamides is 1. The Kier molecular flexibility index (Phi) is 8.55. The van der Waals surface area contributed by atoms with Crippen molar-refractivity contribution < 1.29 is 18.3 Å². The lowest BCUT2D eigenvalue weighted by Gasteiger charge is -2.41. The van der Waals surface area contributed by atoms with Gasteiger partial charge in [0.2, 0.25) is 10.0 Å². The van der Waals surface area contributed by atoms with Crippen molar-refractivity contribution in [1.29, 1.82) is 0 Å². The van der Waals surface area contributed by atoms with Gasteiger partial charge in [-0.15, -0.1) is 0 Å². The van der Waals surface area contributed by atoms with Crippen molar-refractivity contribution in [1.82, 2.24) is 4.72 Å². The fourth-order valence-electron chi connectivity index (χ4n) is 2.50. The average Bonchev–Trinajstić information content (AvgIpc) is 2.41. The summed E-state index contributed by atoms with van der Waals surface area (Å²) in [4.78, 5) is 0. The lowest BCUT2D eigenvalue weighted by Crippen LogP contribution is -2.51. The molecule has 0 aromatic heterocycles. The molecule has 0 aliphatic rings. The molecule has 5 nitrogen and oxygen atoms in total. The van der Waals surface area contributed by atoms with Crippen molar-refractivity contribution in [3.8, 4) is 0 Å². The highest BCUT2D eigenvalue weighted by molar-refractivity contribution is 7.88. The molecule has 0 spiro atoms. The lowest BCUT2D eigenvalue weighted by molar-refractivity contribution is -0.0292. The molecule has 0 heterocycles. The van der Waals surface area contributed by atoms with Crippen LogP contribution in [0.4, 0.5) is 0 Å². The Labute approximate surface area is 136 Å². The van der Waals surface area contributed by atoms with E-state index in [-0.39, 0.29) is 17.6 Å². The monoisotopic (exact) mass is 337 g/mol. The summed E-state index contributed by atoms with van der Waals surface area (Å²) in [6, 6.07) is -0.362. The molecule has 0 aliphatic heterocycles. The second kappa shape index (κ2) is 8.62. The standard InChI is InChI=1S/C16H35NO4S/c1-8-13(4)21-11-14(17-22(7,19)20)15(5,9-2)12-16(6,18)10-3/h13-14,17-18H,8-12H2,1-7H3. The van der Waals surface area contributed by atoms with Crippen LogP contribution in [0.2, 0.25) is 0 Å². The molecule has 0 radical (unpaired) electrons. The fourth-order valence-corrected chi connectivity index (χ4v) is 3.37. The predicted octanol–water partition coefficient (Wildman–Crippen LogP) is 2.69. The van der Waals surface area contributed by atoms with Gasteiger partial charge in [0.05, 0.1) is 30.6 Å². The van der Waals surface area contributed by atoms with Gasteiger partial charge in [0.25, 0.3) is 0 Å². The molecule has 134 valence electrons. The van der Waals surface area contributed by atoms with Crippen LogP contribution in [0.1, 0.15) is 67.2 Å². The van der Waals surface area contributed by atoms with E-state index in [1.165, 1.54) is 0 Å². The highest BCUT2D eigenvalue weighted by atomic mass is 32.2. The van der Waals surface area contributed by atoms with Gasteiger partial charge in [-0.25, -0.2) is 13.1 Å². The van der Waals surface area contributed by atoms with Crippen LogP contribution in [-0.4, -0.2) is 44.1 Å². The second-order valence-corrected chi connectivity index (χ2v) is 8.81. The van der Waals surface area contributed by atoms with E-state index in [9.17, 15) is 13.5 Å². The highest BCUT2D eigenvalue weighted by Gasteiger charge is 2.39. The van der Waals surface area contributed by atoms with Crippen LogP contribution in [0.25, 0.3) is 0 Å². The van der Waals surface area contributed by atoms with Crippen LogP contribution in [-0.2, 0) is 14.8 Å². The molecule has 4 atom stereocenters. The number of aliphatic hydroxyl groups is 1. The molecule has 0 saturated carbocycles. The molecular formula is C16H35NO4S. The quantitative estimate of drug-likeness (QED) is 0.608. The van der Waals surface area contributed by atoms with Gasteiger partial charge in [-0.3, -0.25) is 0 Å². The van der Waals surface area contributed by atoms with Crippen LogP contribution in [0.5, 0.6) is 0 Å². The molecule has 0 aromatic rings. The van der Waals surface area contributed by atoms with Gasteiger partial charge >= 0.3 is 0 Å². The van der Waals surface area contributed by atoms with Crippen LogP contribution in [0.3, 0.4) is 0 Å². The third-order valence-electron chi connectivity index (χ3n) is 4.67. The summed E-state index contributed by atoms with van der Waals surface area (Å²) in [6.45, 7) is 12.1. The zero-order valence-electron chi connectivity index (χ0n) is 15.3. The first-order valence-electron chi connectivity index (χ1n) is 8.20. The number of rotatable bonds is 11. The molecule has 2 N–H and O–H groups in total. The minimum atomic E-state index is -3.35. The van der Waals surface area contributed by atoms with Crippen LogP contribution in [0.15, 0.2) is 0 Å². The average molecular weight is 338 g/mol. The molecular weight excluding hydrogens is 302 g/mol. The Bertz CT molecular complexity index is 422. The van der Waals surface area contributed by atoms with Gasteiger partial charge < -0.3 is 9.84 Å². The number of hydrogen-bond donors (Lipinski definition) is 2. The Hall–Kier alpha value is -0.170. The molecule has 0 rings (SSSR count). The SMILES string of the molecule is CCC(C)OCC(NS(C)(=O)=O)C(C)(CC)CC(C)(O)CC. The molecule has 6 heteroatoms. The molecule has 0 aromatic carbocycles. The van der Waals surface area contributed by atoms with E-state index in [0.29, 0.717) is 19.4 Å². The Morgan fingerprint density at radius 2 is 1.73 bits per heavy atom. The lowest BCUT2D eigenvalue weighted by atomic mass is 9.72. The van der Waals surface area contributed by atoms with Gasteiger partial charge in [0.15, 0.2) is 0 Å². The van der Waals surface area contributed by atoms with Crippen molar-refractivity contribution in [2.24, 2.45) is 5.41 Å².